The van der Waals surface area contributed by atoms with E-state index in [9.17, 15) is 0 Å². The smallest absolute Gasteiger partial charge is 0.0216 e. The standard InChI is InChI=1S/C12H19NS.ClH/c1-2-4-6-12(5-3-1)13-9-11-7-8-14-10-11;/h7-8,10,12-13H,1-6,9H2;1H. The molecule has 3 heteroatoms. The first-order chi connectivity index (χ1) is 6.95. The zero-order chi connectivity index (χ0) is 9.64. The number of rotatable bonds is 3. The summed E-state index contributed by atoms with van der Waals surface area (Å²) in [7, 11) is 0. The highest BCUT2D eigenvalue weighted by molar-refractivity contribution is 7.07. The summed E-state index contributed by atoms with van der Waals surface area (Å²) in [5.41, 5.74) is 1.44. The fourth-order valence-corrected chi connectivity index (χ4v) is 2.81. The minimum absolute atomic E-state index is 0. The van der Waals surface area contributed by atoms with E-state index < -0.39 is 0 Å². The van der Waals surface area contributed by atoms with Gasteiger partial charge in [0.05, 0.1) is 0 Å². The maximum Gasteiger partial charge on any atom is 0.0216 e. The molecule has 0 spiro atoms. The van der Waals surface area contributed by atoms with Crippen molar-refractivity contribution in [3.8, 4) is 0 Å². The van der Waals surface area contributed by atoms with E-state index in [0.717, 1.165) is 12.6 Å². The first kappa shape index (κ1) is 13.0. The normalized spacial score (nSPS) is 18.1. The zero-order valence-electron chi connectivity index (χ0n) is 9.08. The Balaban J connectivity index is 0.00000112. The summed E-state index contributed by atoms with van der Waals surface area (Å²) in [6.45, 7) is 1.06. The Kier molecular flexibility index (Phi) is 6.30. The molecule has 1 fully saturated rings. The molecule has 1 aromatic rings. The third-order valence-corrected chi connectivity index (χ3v) is 3.76. The Hall–Kier alpha value is -0.0500. The molecule has 0 unspecified atom stereocenters. The highest BCUT2D eigenvalue weighted by Gasteiger charge is 2.10. The van der Waals surface area contributed by atoms with Gasteiger partial charge < -0.3 is 5.32 Å². The number of thiophene rings is 1. The predicted octanol–water partition coefficient (Wildman–Crippen LogP) is 3.98. The van der Waals surface area contributed by atoms with E-state index >= 15 is 0 Å². The highest BCUT2D eigenvalue weighted by Crippen LogP contribution is 2.17. The van der Waals surface area contributed by atoms with E-state index in [2.05, 4.69) is 22.1 Å². The minimum atomic E-state index is 0. The van der Waals surface area contributed by atoms with Crippen LogP contribution in [0.15, 0.2) is 16.8 Å². The van der Waals surface area contributed by atoms with Crippen LogP contribution in [0.3, 0.4) is 0 Å². The van der Waals surface area contributed by atoms with Gasteiger partial charge in [0.2, 0.25) is 0 Å². The van der Waals surface area contributed by atoms with Gasteiger partial charge in [-0.15, -0.1) is 12.4 Å². The van der Waals surface area contributed by atoms with Crippen LogP contribution in [0, 0.1) is 0 Å². The summed E-state index contributed by atoms with van der Waals surface area (Å²) in [4.78, 5) is 0. The molecule has 0 aromatic carbocycles. The Morgan fingerprint density at radius 1 is 1.20 bits per heavy atom. The third-order valence-electron chi connectivity index (χ3n) is 3.03. The fraction of sp³-hybridized carbons (Fsp3) is 0.667. The quantitative estimate of drug-likeness (QED) is 0.795. The van der Waals surface area contributed by atoms with Crippen molar-refractivity contribution in [1.29, 1.82) is 0 Å². The van der Waals surface area contributed by atoms with Crippen molar-refractivity contribution in [2.24, 2.45) is 0 Å². The number of hydrogen-bond donors (Lipinski definition) is 1. The molecular formula is C12H20ClNS. The van der Waals surface area contributed by atoms with Gasteiger partial charge in [-0.1, -0.05) is 25.7 Å². The lowest BCUT2D eigenvalue weighted by Gasteiger charge is -2.15. The van der Waals surface area contributed by atoms with Crippen LogP contribution < -0.4 is 5.32 Å². The minimum Gasteiger partial charge on any atom is -0.310 e. The second-order valence-corrected chi connectivity index (χ2v) is 4.98. The molecule has 0 saturated heterocycles. The van der Waals surface area contributed by atoms with Crippen molar-refractivity contribution in [3.05, 3.63) is 22.4 Å². The van der Waals surface area contributed by atoms with Gasteiger partial charge in [-0.2, -0.15) is 11.3 Å². The van der Waals surface area contributed by atoms with Crippen LogP contribution in [0.1, 0.15) is 44.1 Å². The molecule has 0 bridgehead atoms. The molecule has 0 atom stereocenters. The first-order valence-electron chi connectivity index (χ1n) is 5.69. The summed E-state index contributed by atoms with van der Waals surface area (Å²) in [6.07, 6.45) is 8.48. The van der Waals surface area contributed by atoms with Gasteiger partial charge >= 0.3 is 0 Å². The molecule has 1 N–H and O–H groups in total. The molecule has 1 nitrogen and oxygen atoms in total. The average molecular weight is 246 g/mol. The lowest BCUT2D eigenvalue weighted by atomic mass is 10.1. The van der Waals surface area contributed by atoms with Gasteiger partial charge in [0.25, 0.3) is 0 Å². The van der Waals surface area contributed by atoms with Crippen molar-refractivity contribution in [2.75, 3.05) is 0 Å². The Labute approximate surface area is 103 Å². The molecule has 2 rings (SSSR count). The lowest BCUT2D eigenvalue weighted by Crippen LogP contribution is -2.27. The van der Waals surface area contributed by atoms with Crippen molar-refractivity contribution in [3.63, 3.8) is 0 Å². The Bertz CT molecular complexity index is 240. The van der Waals surface area contributed by atoms with Crippen molar-refractivity contribution in [2.45, 2.75) is 51.1 Å². The number of halogens is 1. The van der Waals surface area contributed by atoms with E-state index in [4.69, 9.17) is 0 Å². The molecule has 1 aliphatic carbocycles. The van der Waals surface area contributed by atoms with E-state index in [0.29, 0.717) is 0 Å². The van der Waals surface area contributed by atoms with Crippen LogP contribution >= 0.6 is 23.7 Å². The molecule has 1 aliphatic rings. The topological polar surface area (TPSA) is 12.0 Å². The summed E-state index contributed by atoms with van der Waals surface area (Å²) >= 11 is 1.79. The monoisotopic (exact) mass is 245 g/mol. The second-order valence-electron chi connectivity index (χ2n) is 4.20. The molecule has 1 heterocycles. The second kappa shape index (κ2) is 7.26. The van der Waals surface area contributed by atoms with E-state index in [1.165, 1.54) is 44.1 Å². The van der Waals surface area contributed by atoms with Crippen LogP contribution in [0.25, 0.3) is 0 Å². The molecule has 86 valence electrons. The molecule has 0 aliphatic heterocycles. The van der Waals surface area contributed by atoms with Gasteiger partial charge in [-0.3, -0.25) is 0 Å². The molecule has 0 radical (unpaired) electrons. The third kappa shape index (κ3) is 4.54. The zero-order valence-corrected chi connectivity index (χ0v) is 10.7. The number of hydrogen-bond acceptors (Lipinski definition) is 2. The summed E-state index contributed by atoms with van der Waals surface area (Å²) < 4.78 is 0. The van der Waals surface area contributed by atoms with Gasteiger partial charge in [0, 0.05) is 12.6 Å². The van der Waals surface area contributed by atoms with Crippen LogP contribution in [0.2, 0.25) is 0 Å². The predicted molar refractivity (Wildman–Crippen MR) is 69.9 cm³/mol. The molecule has 1 aromatic heterocycles. The molecule has 1 saturated carbocycles. The van der Waals surface area contributed by atoms with Crippen LogP contribution in [-0.4, -0.2) is 6.04 Å². The molecule has 15 heavy (non-hydrogen) atoms. The molecule has 0 amide bonds. The number of nitrogens with one attached hydrogen (secondary N) is 1. The van der Waals surface area contributed by atoms with Gasteiger partial charge in [0.1, 0.15) is 0 Å². The summed E-state index contributed by atoms with van der Waals surface area (Å²) in [5, 5.41) is 8.07. The average Bonchev–Trinajstić information content (AvgIpc) is 2.58. The lowest BCUT2D eigenvalue weighted by molar-refractivity contribution is 0.459. The Morgan fingerprint density at radius 2 is 1.93 bits per heavy atom. The first-order valence-corrected chi connectivity index (χ1v) is 6.64. The maximum atomic E-state index is 3.67. The van der Waals surface area contributed by atoms with Crippen LogP contribution in [-0.2, 0) is 6.54 Å². The van der Waals surface area contributed by atoms with Crippen LogP contribution in [0.5, 0.6) is 0 Å². The van der Waals surface area contributed by atoms with E-state index in [-0.39, 0.29) is 12.4 Å². The molecular weight excluding hydrogens is 226 g/mol. The maximum absolute atomic E-state index is 3.67. The highest BCUT2D eigenvalue weighted by atomic mass is 35.5. The summed E-state index contributed by atoms with van der Waals surface area (Å²) in [6, 6.07) is 2.99. The Morgan fingerprint density at radius 3 is 2.53 bits per heavy atom. The SMILES string of the molecule is Cl.c1cc(CNC2CCCCCC2)cs1. The van der Waals surface area contributed by atoms with E-state index in [1.54, 1.807) is 11.3 Å². The van der Waals surface area contributed by atoms with Crippen molar-refractivity contribution in [1.82, 2.24) is 5.32 Å². The van der Waals surface area contributed by atoms with Crippen molar-refractivity contribution >= 4 is 23.7 Å². The largest absolute Gasteiger partial charge is 0.310 e. The van der Waals surface area contributed by atoms with Gasteiger partial charge in [-0.25, -0.2) is 0 Å². The van der Waals surface area contributed by atoms with Crippen LogP contribution in [0.4, 0.5) is 0 Å². The summed E-state index contributed by atoms with van der Waals surface area (Å²) in [5.74, 6) is 0. The van der Waals surface area contributed by atoms with E-state index in [1.807, 2.05) is 0 Å². The van der Waals surface area contributed by atoms with Gasteiger partial charge in [-0.05, 0) is 35.2 Å². The van der Waals surface area contributed by atoms with Crippen molar-refractivity contribution < 1.29 is 0 Å². The fourth-order valence-electron chi connectivity index (χ4n) is 2.14. The van der Waals surface area contributed by atoms with Gasteiger partial charge in [0.15, 0.2) is 0 Å².